The van der Waals surface area contributed by atoms with Crippen LogP contribution in [0.15, 0.2) is 30.3 Å². The minimum atomic E-state index is -2.10. The summed E-state index contributed by atoms with van der Waals surface area (Å²) in [5, 5.41) is 0. The van der Waals surface area contributed by atoms with Gasteiger partial charge in [-0.15, -0.1) is 0 Å². The Balaban J connectivity index is 2.32. The van der Waals surface area contributed by atoms with Gasteiger partial charge >= 0.3 is 88.2 Å². The molecule has 13 heavy (non-hydrogen) atoms. The van der Waals surface area contributed by atoms with E-state index in [1.807, 2.05) is 18.2 Å². The van der Waals surface area contributed by atoms with Crippen LogP contribution in [-0.4, -0.2) is 23.6 Å². The summed E-state index contributed by atoms with van der Waals surface area (Å²) in [6.45, 7) is 2.18. The molecular formula is C11H18OSn. The molecule has 0 spiro atoms. The second kappa shape index (κ2) is 6.44. The van der Waals surface area contributed by atoms with Crippen LogP contribution < -0.4 is 0 Å². The van der Waals surface area contributed by atoms with Crippen molar-refractivity contribution in [1.29, 1.82) is 0 Å². The molecular weight excluding hydrogens is 267 g/mol. The van der Waals surface area contributed by atoms with Gasteiger partial charge in [0.05, 0.1) is 0 Å². The zero-order valence-electron chi connectivity index (χ0n) is 8.24. The summed E-state index contributed by atoms with van der Waals surface area (Å²) in [5.41, 5.74) is 1.32. The van der Waals surface area contributed by atoms with Crippen LogP contribution in [0.2, 0.25) is 4.44 Å². The van der Waals surface area contributed by atoms with Crippen molar-refractivity contribution >= 4 is 20.2 Å². The Morgan fingerprint density at radius 3 is 2.54 bits per heavy atom. The molecule has 0 aliphatic rings. The van der Waals surface area contributed by atoms with Crippen LogP contribution in [0, 0.1) is 0 Å². The molecule has 0 radical (unpaired) electrons. The van der Waals surface area contributed by atoms with E-state index >= 15 is 0 Å². The molecule has 0 aliphatic carbocycles. The Hall–Kier alpha value is -0.0213. The average molecular weight is 285 g/mol. The summed E-state index contributed by atoms with van der Waals surface area (Å²) < 4.78 is 12.0. The van der Waals surface area contributed by atoms with Gasteiger partial charge in [-0.3, -0.25) is 0 Å². The molecule has 1 rings (SSSR count). The van der Waals surface area contributed by atoms with Crippen LogP contribution in [0.1, 0.15) is 25.3 Å². The summed E-state index contributed by atoms with van der Waals surface area (Å²) in [5.74, 6) is 0. The Morgan fingerprint density at radius 2 is 1.92 bits per heavy atom. The molecule has 1 aromatic rings. The van der Waals surface area contributed by atoms with Gasteiger partial charge in [-0.2, -0.15) is 0 Å². The van der Waals surface area contributed by atoms with E-state index in [2.05, 4.69) is 19.1 Å². The Bertz CT molecular complexity index is 223. The minimum absolute atomic E-state index is 1.00. The van der Waals surface area contributed by atoms with Crippen LogP contribution in [0.5, 0.6) is 0 Å². The topological polar surface area (TPSA) is 20.2 Å². The molecule has 1 nitrogen and oxygen atoms in total. The van der Waals surface area contributed by atoms with E-state index in [1.165, 1.54) is 18.4 Å². The van der Waals surface area contributed by atoms with Crippen molar-refractivity contribution in [2.75, 3.05) is 0 Å². The number of hydrogen-bond acceptors (Lipinski definition) is 1. The van der Waals surface area contributed by atoms with Gasteiger partial charge in [0.1, 0.15) is 0 Å². The molecule has 0 aliphatic heterocycles. The van der Waals surface area contributed by atoms with Gasteiger partial charge in [0.25, 0.3) is 0 Å². The van der Waals surface area contributed by atoms with Crippen molar-refractivity contribution in [2.45, 2.75) is 28.6 Å². The zero-order chi connectivity index (χ0) is 9.52. The molecule has 0 fully saturated rings. The quantitative estimate of drug-likeness (QED) is 0.823. The van der Waals surface area contributed by atoms with Crippen molar-refractivity contribution in [2.24, 2.45) is 0 Å². The fourth-order valence-electron chi connectivity index (χ4n) is 1.43. The first-order chi connectivity index (χ1) is 6.33. The number of unbranched alkanes of at least 4 members (excludes halogenated alkanes) is 1. The average Bonchev–Trinajstić information content (AvgIpc) is 2.16. The standard InChI is InChI=1S/C7H7.C4H9.H2O.Sn.H/c1-7-5-3-2-4-6-7;1-3-4-2;;;/h2-6H,1H2;1,3-4H2,2H3;1H2;;/q;;;+1;/p-1. The predicted octanol–water partition coefficient (Wildman–Crippen LogP) is 2.28. The van der Waals surface area contributed by atoms with Crippen LogP contribution in [-0.2, 0) is 4.44 Å². The third kappa shape index (κ3) is 4.67. The van der Waals surface area contributed by atoms with Gasteiger partial charge in [-0.1, -0.05) is 0 Å². The first-order valence-electron chi connectivity index (χ1n) is 5.05. The van der Waals surface area contributed by atoms with Gasteiger partial charge < -0.3 is 0 Å². The molecule has 1 unspecified atom stereocenters. The number of benzene rings is 1. The first-order valence-corrected chi connectivity index (χ1v) is 11.2. The maximum absolute atomic E-state index is 9.84. The van der Waals surface area contributed by atoms with Crippen LogP contribution >= 0.6 is 0 Å². The number of hydrogen-bond donors (Lipinski definition) is 1. The van der Waals surface area contributed by atoms with Crippen molar-refractivity contribution in [3.8, 4) is 0 Å². The molecule has 2 heteroatoms. The van der Waals surface area contributed by atoms with E-state index < -0.39 is 20.2 Å². The van der Waals surface area contributed by atoms with Crippen LogP contribution in [0.3, 0.4) is 0 Å². The molecule has 0 amide bonds. The van der Waals surface area contributed by atoms with Crippen molar-refractivity contribution in [1.82, 2.24) is 0 Å². The van der Waals surface area contributed by atoms with Crippen molar-refractivity contribution in [3.05, 3.63) is 35.9 Å². The molecule has 0 saturated carbocycles. The van der Waals surface area contributed by atoms with E-state index in [1.54, 1.807) is 0 Å². The molecule has 1 atom stereocenters. The van der Waals surface area contributed by atoms with Crippen LogP contribution in [0.25, 0.3) is 0 Å². The van der Waals surface area contributed by atoms with E-state index in [-0.39, 0.29) is 0 Å². The van der Waals surface area contributed by atoms with Gasteiger partial charge in [-0.05, 0) is 0 Å². The Morgan fingerprint density at radius 1 is 1.23 bits per heavy atom. The summed E-state index contributed by atoms with van der Waals surface area (Å²) in [4.78, 5) is 0. The fraction of sp³-hybridized carbons (Fsp3) is 0.455. The molecule has 1 N–H and O–H groups in total. The summed E-state index contributed by atoms with van der Waals surface area (Å²) in [6, 6.07) is 10.4. The van der Waals surface area contributed by atoms with Crippen LogP contribution in [0.4, 0.5) is 0 Å². The molecule has 0 bridgehead atoms. The molecule has 0 aromatic heterocycles. The molecule has 0 heterocycles. The van der Waals surface area contributed by atoms with E-state index in [4.69, 9.17) is 0 Å². The van der Waals surface area contributed by atoms with E-state index in [0.29, 0.717) is 0 Å². The Labute approximate surface area is 88.1 Å². The van der Waals surface area contributed by atoms with E-state index in [0.717, 1.165) is 8.87 Å². The van der Waals surface area contributed by atoms with E-state index in [9.17, 15) is 3.44 Å². The third-order valence-corrected chi connectivity index (χ3v) is 7.96. The molecule has 0 saturated heterocycles. The van der Waals surface area contributed by atoms with Gasteiger partial charge in [0, 0.05) is 0 Å². The van der Waals surface area contributed by atoms with Gasteiger partial charge in [0.2, 0.25) is 0 Å². The second-order valence-electron chi connectivity index (χ2n) is 3.49. The van der Waals surface area contributed by atoms with Gasteiger partial charge in [0.15, 0.2) is 0 Å². The maximum atomic E-state index is 9.84. The second-order valence-corrected chi connectivity index (χ2v) is 10.0. The summed E-state index contributed by atoms with van der Waals surface area (Å²) >= 11 is -2.10. The van der Waals surface area contributed by atoms with Crippen molar-refractivity contribution in [3.63, 3.8) is 0 Å². The molecule has 1 aromatic carbocycles. The zero-order valence-corrected chi connectivity index (χ0v) is 11.5. The number of rotatable bonds is 5. The SMILES string of the molecule is CCC[CH2][SnH]([OH])[CH2]c1ccccc1. The first kappa shape index (κ1) is 11.1. The monoisotopic (exact) mass is 286 g/mol. The molecule has 72 valence electrons. The predicted molar refractivity (Wildman–Crippen MR) is 59.2 cm³/mol. The third-order valence-electron chi connectivity index (χ3n) is 2.21. The summed E-state index contributed by atoms with van der Waals surface area (Å²) in [6.07, 6.45) is 2.42. The summed E-state index contributed by atoms with van der Waals surface area (Å²) in [7, 11) is 0. The van der Waals surface area contributed by atoms with Gasteiger partial charge in [-0.25, -0.2) is 0 Å². The normalized spacial score (nSPS) is 12.8. The van der Waals surface area contributed by atoms with Crippen molar-refractivity contribution < 1.29 is 3.44 Å². The fourth-order valence-corrected chi connectivity index (χ4v) is 6.85. The Kier molecular flexibility index (Phi) is 5.47.